The molecule has 3 nitrogen and oxygen atoms in total. The smallest absolute Gasteiger partial charge is 0.272 e. The summed E-state index contributed by atoms with van der Waals surface area (Å²) in [5.41, 5.74) is 1.44. The molecule has 0 spiro atoms. The molecule has 0 bridgehead atoms. The van der Waals surface area contributed by atoms with Gasteiger partial charge in [0.1, 0.15) is 10.3 Å². The molecule has 0 radical (unpaired) electrons. The molecule has 0 unspecified atom stereocenters. The fraction of sp³-hybridized carbons (Fsp3) is 0.200. The maximum absolute atomic E-state index is 12.4. The third kappa shape index (κ3) is 3.81. The third-order valence-corrected chi connectivity index (χ3v) is 3.54. The molecular weight excluding hydrogens is 340 g/mol. The summed E-state index contributed by atoms with van der Waals surface area (Å²) in [7, 11) is 0. The van der Waals surface area contributed by atoms with Crippen molar-refractivity contribution in [1.82, 2.24) is 9.88 Å². The number of hydrogen-bond donors (Lipinski definition) is 0. The Hall–Kier alpha value is -1.39. The Bertz CT molecular complexity index is 618. The number of nitrogens with zero attached hydrogens (tertiary/aromatic N) is 2. The third-order valence-electron chi connectivity index (χ3n) is 2.87. The summed E-state index contributed by atoms with van der Waals surface area (Å²) in [5.74, 6) is -0.0891. The Morgan fingerprint density at radius 3 is 2.70 bits per heavy atom. The summed E-state index contributed by atoms with van der Waals surface area (Å²) in [6.07, 6.45) is 0. The van der Waals surface area contributed by atoms with Crippen molar-refractivity contribution >= 4 is 33.4 Å². The molecule has 0 aliphatic rings. The lowest BCUT2D eigenvalue weighted by molar-refractivity contribution is 0.0746. The first kappa shape index (κ1) is 15.0. The molecule has 20 heavy (non-hydrogen) atoms. The van der Waals surface area contributed by atoms with Gasteiger partial charge in [0.25, 0.3) is 5.91 Å². The molecule has 0 aliphatic carbocycles. The number of carbonyl (C=O) groups excluding carboxylic acids is 1. The molecule has 0 atom stereocenters. The van der Waals surface area contributed by atoms with Crippen molar-refractivity contribution in [2.45, 2.75) is 13.5 Å². The zero-order valence-corrected chi connectivity index (χ0v) is 13.4. The van der Waals surface area contributed by atoms with Crippen molar-refractivity contribution in [1.29, 1.82) is 0 Å². The number of pyridine rings is 1. The van der Waals surface area contributed by atoms with Gasteiger partial charge in [-0.3, -0.25) is 4.79 Å². The van der Waals surface area contributed by atoms with Gasteiger partial charge in [0.2, 0.25) is 0 Å². The molecule has 0 N–H and O–H groups in total. The van der Waals surface area contributed by atoms with Gasteiger partial charge < -0.3 is 4.90 Å². The van der Waals surface area contributed by atoms with E-state index in [1.54, 1.807) is 23.1 Å². The predicted molar refractivity (Wildman–Crippen MR) is 83.8 cm³/mol. The monoisotopic (exact) mass is 352 g/mol. The maximum Gasteiger partial charge on any atom is 0.272 e. The lowest BCUT2D eigenvalue weighted by Gasteiger charge is -2.20. The van der Waals surface area contributed by atoms with Crippen LogP contribution < -0.4 is 0 Å². The van der Waals surface area contributed by atoms with Gasteiger partial charge in [-0.1, -0.05) is 29.8 Å². The normalized spacial score (nSPS) is 10.3. The second kappa shape index (κ2) is 6.86. The van der Waals surface area contributed by atoms with Gasteiger partial charge in [0.05, 0.1) is 0 Å². The highest BCUT2D eigenvalue weighted by molar-refractivity contribution is 9.10. The molecule has 0 saturated carbocycles. The van der Waals surface area contributed by atoms with E-state index in [0.29, 0.717) is 28.4 Å². The summed E-state index contributed by atoms with van der Waals surface area (Å²) >= 11 is 9.25. The van der Waals surface area contributed by atoms with Crippen LogP contribution >= 0.6 is 27.5 Å². The van der Waals surface area contributed by atoms with Crippen molar-refractivity contribution in [3.05, 3.63) is 63.3 Å². The first-order valence-corrected chi connectivity index (χ1v) is 7.43. The molecule has 0 saturated heterocycles. The van der Waals surface area contributed by atoms with Crippen molar-refractivity contribution in [3.8, 4) is 0 Å². The number of rotatable bonds is 4. The molecule has 1 amide bonds. The van der Waals surface area contributed by atoms with E-state index < -0.39 is 0 Å². The summed E-state index contributed by atoms with van der Waals surface area (Å²) in [4.78, 5) is 18.4. The van der Waals surface area contributed by atoms with Crippen molar-refractivity contribution < 1.29 is 4.79 Å². The highest BCUT2D eigenvalue weighted by atomic mass is 79.9. The molecule has 1 aromatic carbocycles. The van der Waals surface area contributed by atoms with E-state index in [9.17, 15) is 4.79 Å². The van der Waals surface area contributed by atoms with Gasteiger partial charge in [-0.15, -0.1) is 0 Å². The topological polar surface area (TPSA) is 33.2 Å². The zero-order valence-electron chi connectivity index (χ0n) is 11.0. The number of aromatic nitrogens is 1. The van der Waals surface area contributed by atoms with Crippen molar-refractivity contribution in [2.24, 2.45) is 0 Å². The van der Waals surface area contributed by atoms with E-state index >= 15 is 0 Å². The molecule has 1 aromatic heterocycles. The van der Waals surface area contributed by atoms with Gasteiger partial charge in [-0.25, -0.2) is 4.98 Å². The van der Waals surface area contributed by atoms with Gasteiger partial charge >= 0.3 is 0 Å². The Morgan fingerprint density at radius 2 is 2.05 bits per heavy atom. The Balaban J connectivity index is 2.18. The number of hydrogen-bond acceptors (Lipinski definition) is 2. The molecular formula is C15H14BrClN2O. The zero-order chi connectivity index (χ0) is 14.5. The van der Waals surface area contributed by atoms with Crippen molar-refractivity contribution in [3.63, 3.8) is 0 Å². The Kier molecular flexibility index (Phi) is 5.15. The quantitative estimate of drug-likeness (QED) is 0.773. The van der Waals surface area contributed by atoms with Crippen LogP contribution in [-0.2, 0) is 6.54 Å². The first-order chi connectivity index (χ1) is 9.60. The Labute approximate surface area is 131 Å². The van der Waals surface area contributed by atoms with E-state index in [4.69, 9.17) is 11.6 Å². The highest BCUT2D eigenvalue weighted by Gasteiger charge is 2.16. The van der Waals surface area contributed by atoms with Gasteiger partial charge in [0.15, 0.2) is 0 Å². The second-order valence-electron chi connectivity index (χ2n) is 4.29. The lowest BCUT2D eigenvalue weighted by Crippen LogP contribution is -2.31. The van der Waals surface area contributed by atoms with Crippen molar-refractivity contribution in [2.75, 3.05) is 6.54 Å². The van der Waals surface area contributed by atoms with E-state index in [2.05, 4.69) is 20.9 Å². The summed E-state index contributed by atoms with van der Waals surface area (Å²) in [6.45, 7) is 3.07. The summed E-state index contributed by atoms with van der Waals surface area (Å²) < 4.78 is 0.655. The van der Waals surface area contributed by atoms with E-state index in [-0.39, 0.29) is 5.91 Å². The van der Waals surface area contributed by atoms with E-state index in [1.807, 2.05) is 31.2 Å². The fourth-order valence-corrected chi connectivity index (χ4v) is 2.43. The largest absolute Gasteiger partial charge is 0.333 e. The van der Waals surface area contributed by atoms with Crippen LogP contribution in [0.2, 0.25) is 5.02 Å². The predicted octanol–water partition coefficient (Wildman–Crippen LogP) is 4.16. The van der Waals surface area contributed by atoms with Crippen LogP contribution in [0.1, 0.15) is 23.0 Å². The van der Waals surface area contributed by atoms with Crippen LogP contribution in [0.4, 0.5) is 0 Å². The van der Waals surface area contributed by atoms with E-state index in [0.717, 1.165) is 5.56 Å². The van der Waals surface area contributed by atoms with Crippen LogP contribution in [0.5, 0.6) is 0 Å². The first-order valence-electron chi connectivity index (χ1n) is 6.26. The van der Waals surface area contributed by atoms with Gasteiger partial charge in [0, 0.05) is 18.1 Å². The minimum atomic E-state index is -0.0891. The molecule has 104 valence electrons. The minimum Gasteiger partial charge on any atom is -0.333 e. The molecule has 0 fully saturated rings. The molecule has 5 heteroatoms. The highest BCUT2D eigenvalue weighted by Crippen LogP contribution is 2.15. The van der Waals surface area contributed by atoms with Gasteiger partial charge in [-0.05, 0) is 52.7 Å². The van der Waals surface area contributed by atoms with Crippen LogP contribution in [0.3, 0.4) is 0 Å². The number of amides is 1. The number of halogens is 2. The van der Waals surface area contributed by atoms with Crippen LogP contribution in [0.15, 0.2) is 47.1 Å². The molecule has 0 aliphatic heterocycles. The summed E-state index contributed by atoms with van der Waals surface area (Å²) in [5, 5.41) is 0.673. The maximum atomic E-state index is 12.4. The average Bonchev–Trinajstić information content (AvgIpc) is 2.44. The standard InChI is InChI=1S/C15H14BrClN2O/c1-2-19(10-11-5-3-6-12(17)9-11)15(20)13-7-4-8-14(16)18-13/h3-9H,2,10H2,1H3. The minimum absolute atomic E-state index is 0.0891. The molecule has 2 rings (SSSR count). The second-order valence-corrected chi connectivity index (χ2v) is 5.54. The molecule has 2 aromatic rings. The number of carbonyl (C=O) groups is 1. The number of benzene rings is 1. The van der Waals surface area contributed by atoms with Crippen LogP contribution in [-0.4, -0.2) is 22.3 Å². The lowest BCUT2D eigenvalue weighted by atomic mass is 10.2. The van der Waals surface area contributed by atoms with Gasteiger partial charge in [-0.2, -0.15) is 0 Å². The SMILES string of the molecule is CCN(Cc1cccc(Cl)c1)C(=O)c1cccc(Br)n1. The Morgan fingerprint density at radius 1 is 1.30 bits per heavy atom. The summed E-state index contributed by atoms with van der Waals surface area (Å²) in [6, 6.07) is 12.8. The van der Waals surface area contributed by atoms with E-state index in [1.165, 1.54) is 0 Å². The fourth-order valence-electron chi connectivity index (χ4n) is 1.87. The van der Waals surface area contributed by atoms with Crippen LogP contribution in [0, 0.1) is 0 Å². The molecule has 1 heterocycles. The van der Waals surface area contributed by atoms with Crippen LogP contribution in [0.25, 0.3) is 0 Å². The average molecular weight is 354 g/mol.